The molecule has 29 heavy (non-hydrogen) atoms. The van der Waals surface area contributed by atoms with E-state index in [0.717, 1.165) is 27.2 Å². The van der Waals surface area contributed by atoms with Crippen molar-refractivity contribution in [3.63, 3.8) is 0 Å². The highest BCUT2D eigenvalue weighted by Crippen LogP contribution is 2.32. The molecule has 3 aromatic carbocycles. The molecule has 1 N–H and O–H groups in total. The topological polar surface area (TPSA) is 56.8 Å². The fraction of sp³-hybridized carbons (Fsp3) is 0.174. The zero-order valence-corrected chi connectivity index (χ0v) is 18.0. The minimum Gasteiger partial charge on any atom is -0.497 e. The van der Waals surface area contributed by atoms with Crippen LogP contribution in [0.1, 0.15) is 22.0 Å². The molecular formula is C23H22BrNO4. The van der Waals surface area contributed by atoms with Crippen LogP contribution in [0, 0.1) is 0 Å². The van der Waals surface area contributed by atoms with Crippen molar-refractivity contribution >= 4 is 27.4 Å². The largest absolute Gasteiger partial charge is 0.497 e. The van der Waals surface area contributed by atoms with Gasteiger partial charge in [-0.1, -0.05) is 12.1 Å². The molecule has 0 unspecified atom stereocenters. The maximum Gasteiger partial charge on any atom is 0.189 e. The van der Waals surface area contributed by atoms with Gasteiger partial charge in [0.25, 0.3) is 0 Å². The number of rotatable bonds is 8. The quantitative estimate of drug-likeness (QED) is 0.453. The fourth-order valence-electron chi connectivity index (χ4n) is 2.91. The van der Waals surface area contributed by atoms with E-state index in [0.29, 0.717) is 11.3 Å². The smallest absolute Gasteiger partial charge is 0.189 e. The molecule has 0 saturated heterocycles. The van der Waals surface area contributed by atoms with Crippen molar-refractivity contribution in [2.45, 2.75) is 6.04 Å². The molecule has 0 fully saturated rings. The lowest BCUT2D eigenvalue weighted by Crippen LogP contribution is -2.21. The molecule has 3 rings (SSSR count). The number of ether oxygens (including phenoxy) is 3. The first kappa shape index (κ1) is 20.7. The molecule has 150 valence electrons. The zero-order chi connectivity index (χ0) is 20.8. The van der Waals surface area contributed by atoms with E-state index in [-0.39, 0.29) is 5.78 Å². The molecule has 0 aliphatic rings. The van der Waals surface area contributed by atoms with Crippen molar-refractivity contribution < 1.29 is 19.0 Å². The first-order valence-electron chi connectivity index (χ1n) is 8.98. The summed E-state index contributed by atoms with van der Waals surface area (Å²) in [5.74, 6) is 2.11. The van der Waals surface area contributed by atoms with Crippen molar-refractivity contribution in [1.82, 2.24) is 0 Å². The molecular weight excluding hydrogens is 434 g/mol. The number of methoxy groups -OCH3 is 3. The molecule has 6 heteroatoms. The van der Waals surface area contributed by atoms with Crippen LogP contribution in [0.2, 0.25) is 0 Å². The zero-order valence-electron chi connectivity index (χ0n) is 16.4. The maximum absolute atomic E-state index is 13.4. The van der Waals surface area contributed by atoms with Crippen LogP contribution in [0.4, 0.5) is 5.69 Å². The number of hydrogen-bond acceptors (Lipinski definition) is 5. The fourth-order valence-corrected chi connectivity index (χ4v) is 3.39. The standard InChI is InChI=1S/C23H22BrNO4/c1-27-17-8-4-15(5-9-17)22(23(26)16-6-10-18(28-2)11-7-16)25-21-13-12-19(29-3)14-20(21)24/h4-14,22,25H,1-3H3/t22-/m1/s1. The predicted octanol–water partition coefficient (Wildman–Crippen LogP) is 5.51. The number of benzene rings is 3. The van der Waals surface area contributed by atoms with Crippen LogP contribution in [0.15, 0.2) is 71.2 Å². The molecule has 0 heterocycles. The Morgan fingerprint density at radius 1 is 0.793 bits per heavy atom. The molecule has 0 bridgehead atoms. The summed E-state index contributed by atoms with van der Waals surface area (Å²) in [6.45, 7) is 0. The lowest BCUT2D eigenvalue weighted by molar-refractivity contribution is 0.0969. The highest BCUT2D eigenvalue weighted by molar-refractivity contribution is 9.10. The first-order chi connectivity index (χ1) is 14.0. The van der Waals surface area contributed by atoms with Crippen LogP contribution < -0.4 is 19.5 Å². The molecule has 3 aromatic rings. The van der Waals surface area contributed by atoms with Crippen LogP contribution in [0.3, 0.4) is 0 Å². The summed E-state index contributed by atoms with van der Waals surface area (Å²) >= 11 is 3.55. The normalized spacial score (nSPS) is 11.4. The Morgan fingerprint density at radius 3 is 1.83 bits per heavy atom. The van der Waals surface area contributed by atoms with Crippen molar-refractivity contribution in [2.24, 2.45) is 0 Å². The van der Waals surface area contributed by atoms with Gasteiger partial charge in [0.15, 0.2) is 5.78 Å². The van der Waals surface area contributed by atoms with E-state index in [1.165, 1.54) is 0 Å². The maximum atomic E-state index is 13.4. The molecule has 0 aliphatic heterocycles. The second kappa shape index (κ2) is 9.47. The SMILES string of the molecule is COc1ccc(C(=O)[C@H](Nc2ccc(OC)cc2Br)c2ccc(OC)cc2)cc1. The van der Waals surface area contributed by atoms with Gasteiger partial charge in [0.05, 0.1) is 21.3 Å². The Morgan fingerprint density at radius 2 is 1.31 bits per heavy atom. The monoisotopic (exact) mass is 455 g/mol. The Bertz CT molecular complexity index is 971. The predicted molar refractivity (Wildman–Crippen MR) is 117 cm³/mol. The van der Waals surface area contributed by atoms with Crippen LogP contribution >= 0.6 is 15.9 Å². The second-order valence-corrected chi connectivity index (χ2v) is 7.14. The first-order valence-corrected chi connectivity index (χ1v) is 9.77. The Hall–Kier alpha value is -2.99. The minimum atomic E-state index is -0.584. The third-order valence-electron chi connectivity index (χ3n) is 4.56. The molecule has 0 radical (unpaired) electrons. The molecule has 0 spiro atoms. The summed E-state index contributed by atoms with van der Waals surface area (Å²) in [7, 11) is 4.82. The van der Waals surface area contributed by atoms with Crippen LogP contribution in [-0.4, -0.2) is 27.1 Å². The molecule has 0 saturated carbocycles. The highest BCUT2D eigenvalue weighted by atomic mass is 79.9. The Labute approximate surface area is 178 Å². The van der Waals surface area contributed by atoms with E-state index in [9.17, 15) is 4.79 Å². The molecule has 0 aliphatic carbocycles. The number of halogens is 1. The van der Waals surface area contributed by atoms with Gasteiger partial charge in [0.2, 0.25) is 0 Å². The number of carbonyl (C=O) groups is 1. The minimum absolute atomic E-state index is 0.0551. The third kappa shape index (κ3) is 4.90. The lowest BCUT2D eigenvalue weighted by atomic mass is 9.96. The lowest BCUT2D eigenvalue weighted by Gasteiger charge is -2.21. The van der Waals surface area contributed by atoms with E-state index >= 15 is 0 Å². The highest BCUT2D eigenvalue weighted by Gasteiger charge is 2.23. The van der Waals surface area contributed by atoms with Gasteiger partial charge < -0.3 is 19.5 Å². The second-order valence-electron chi connectivity index (χ2n) is 6.29. The van der Waals surface area contributed by atoms with E-state index in [1.807, 2.05) is 42.5 Å². The average Bonchev–Trinajstić information content (AvgIpc) is 2.78. The van der Waals surface area contributed by atoms with Crippen LogP contribution in [0.25, 0.3) is 0 Å². The molecule has 0 aromatic heterocycles. The Kier molecular flexibility index (Phi) is 6.77. The van der Waals surface area contributed by atoms with E-state index in [1.54, 1.807) is 45.6 Å². The van der Waals surface area contributed by atoms with Gasteiger partial charge in [-0.2, -0.15) is 0 Å². The number of hydrogen-bond donors (Lipinski definition) is 1. The van der Waals surface area contributed by atoms with Gasteiger partial charge in [-0.15, -0.1) is 0 Å². The van der Waals surface area contributed by atoms with E-state index in [2.05, 4.69) is 21.2 Å². The number of anilines is 1. The summed E-state index contributed by atoms with van der Waals surface area (Å²) in [4.78, 5) is 13.4. The van der Waals surface area contributed by atoms with Crippen molar-refractivity contribution in [2.75, 3.05) is 26.6 Å². The van der Waals surface area contributed by atoms with E-state index < -0.39 is 6.04 Å². The number of nitrogens with one attached hydrogen (secondary N) is 1. The summed E-state index contributed by atoms with van der Waals surface area (Å²) in [5, 5.41) is 3.36. The summed E-state index contributed by atoms with van der Waals surface area (Å²) < 4.78 is 16.5. The van der Waals surface area contributed by atoms with Crippen molar-refractivity contribution in [3.05, 3.63) is 82.3 Å². The van der Waals surface area contributed by atoms with Gasteiger partial charge in [-0.25, -0.2) is 0 Å². The molecule has 5 nitrogen and oxygen atoms in total. The third-order valence-corrected chi connectivity index (χ3v) is 5.22. The van der Waals surface area contributed by atoms with Gasteiger partial charge >= 0.3 is 0 Å². The molecule has 0 amide bonds. The van der Waals surface area contributed by atoms with Crippen molar-refractivity contribution in [1.29, 1.82) is 0 Å². The number of Topliss-reactive ketones (excluding diaryl/α,β-unsaturated/α-hetero) is 1. The summed E-state index contributed by atoms with van der Waals surface area (Å²) in [6, 6.07) is 19.5. The number of carbonyl (C=O) groups excluding carboxylic acids is 1. The van der Waals surface area contributed by atoms with Gasteiger partial charge in [0.1, 0.15) is 23.3 Å². The number of ketones is 1. The summed E-state index contributed by atoms with van der Waals surface area (Å²) in [5.41, 5.74) is 2.20. The van der Waals surface area contributed by atoms with Gasteiger partial charge in [-0.3, -0.25) is 4.79 Å². The average molecular weight is 456 g/mol. The summed E-state index contributed by atoms with van der Waals surface area (Å²) in [6.07, 6.45) is 0. The van der Waals surface area contributed by atoms with Crippen LogP contribution in [0.5, 0.6) is 17.2 Å². The van der Waals surface area contributed by atoms with E-state index in [4.69, 9.17) is 14.2 Å². The van der Waals surface area contributed by atoms with Gasteiger partial charge in [0, 0.05) is 15.7 Å². The molecule has 1 atom stereocenters. The van der Waals surface area contributed by atoms with Gasteiger partial charge in [-0.05, 0) is 76.1 Å². The Balaban J connectivity index is 1.97. The van der Waals surface area contributed by atoms with Crippen molar-refractivity contribution in [3.8, 4) is 17.2 Å². The van der Waals surface area contributed by atoms with Crippen LogP contribution in [-0.2, 0) is 0 Å².